The normalized spacial score (nSPS) is 17.8. The van der Waals surface area contributed by atoms with Crippen molar-refractivity contribution in [2.75, 3.05) is 30.8 Å². The fraction of sp³-hybridized carbons (Fsp3) is 0.360. The lowest BCUT2D eigenvalue weighted by molar-refractivity contribution is 0.370. The number of fused-ring (bicyclic) bond motifs is 1. The van der Waals surface area contributed by atoms with E-state index in [2.05, 4.69) is 53.8 Å². The van der Waals surface area contributed by atoms with Crippen LogP contribution in [0, 0.1) is 11.7 Å². The fourth-order valence-corrected chi connectivity index (χ4v) is 4.41. The van der Waals surface area contributed by atoms with Gasteiger partial charge in [0.25, 0.3) is 0 Å². The Balaban J connectivity index is 1.59. The highest BCUT2D eigenvalue weighted by atomic mass is 35.5. The summed E-state index contributed by atoms with van der Waals surface area (Å²) in [6, 6.07) is 11.2. The Morgan fingerprint density at radius 3 is 2.75 bits per heavy atom. The molecule has 2 aromatic carbocycles. The third-order valence-electron chi connectivity index (χ3n) is 6.35. The molecular weight excluding hydrogens is 425 g/mol. The first-order chi connectivity index (χ1) is 15.5. The van der Waals surface area contributed by atoms with E-state index in [0.29, 0.717) is 23.6 Å². The van der Waals surface area contributed by atoms with Crippen LogP contribution in [0.3, 0.4) is 0 Å². The Morgan fingerprint density at radius 1 is 1.19 bits per heavy atom. The molecule has 3 aromatic rings. The molecule has 0 radical (unpaired) electrons. The van der Waals surface area contributed by atoms with E-state index in [9.17, 15) is 4.39 Å². The molecule has 5 nitrogen and oxygen atoms in total. The van der Waals surface area contributed by atoms with E-state index in [-0.39, 0.29) is 5.02 Å². The van der Waals surface area contributed by atoms with Crippen LogP contribution in [-0.4, -0.2) is 41.0 Å². The van der Waals surface area contributed by atoms with Crippen molar-refractivity contribution >= 4 is 45.5 Å². The zero-order valence-corrected chi connectivity index (χ0v) is 19.1. The van der Waals surface area contributed by atoms with Crippen LogP contribution in [-0.2, 0) is 0 Å². The minimum Gasteiger partial charge on any atom is -0.367 e. The first kappa shape index (κ1) is 21.2. The lowest BCUT2D eigenvalue weighted by Crippen LogP contribution is -2.23. The molecule has 0 amide bonds. The van der Waals surface area contributed by atoms with Gasteiger partial charge < -0.3 is 15.5 Å². The van der Waals surface area contributed by atoms with Gasteiger partial charge in [0.2, 0.25) is 5.95 Å². The van der Waals surface area contributed by atoms with Crippen molar-refractivity contribution in [1.82, 2.24) is 14.9 Å². The van der Waals surface area contributed by atoms with Crippen molar-refractivity contribution in [2.24, 2.45) is 5.92 Å². The van der Waals surface area contributed by atoms with Crippen molar-refractivity contribution < 1.29 is 4.39 Å². The number of likely N-dealkylation sites (N-methyl/N-ethyl adjacent to an activating group) is 1. The quantitative estimate of drug-likeness (QED) is 0.474. The van der Waals surface area contributed by atoms with Gasteiger partial charge in [-0.2, -0.15) is 4.98 Å². The highest BCUT2D eigenvalue weighted by molar-refractivity contribution is 6.31. The number of hydrogen-bond donors (Lipinski definition) is 2. The van der Waals surface area contributed by atoms with Gasteiger partial charge in [-0.1, -0.05) is 29.8 Å². The maximum absolute atomic E-state index is 13.6. The number of benzene rings is 2. The summed E-state index contributed by atoms with van der Waals surface area (Å²) in [5.74, 6) is 1.52. The number of rotatable bonds is 6. The molecule has 1 aromatic heterocycles. The summed E-state index contributed by atoms with van der Waals surface area (Å²) in [5, 5.41) is 7.92. The van der Waals surface area contributed by atoms with Crippen LogP contribution >= 0.6 is 11.6 Å². The minimum atomic E-state index is -0.450. The molecule has 7 heteroatoms. The summed E-state index contributed by atoms with van der Waals surface area (Å²) in [4.78, 5) is 12.0. The summed E-state index contributed by atoms with van der Waals surface area (Å²) in [7, 11) is 2.13. The van der Waals surface area contributed by atoms with Gasteiger partial charge in [-0.3, -0.25) is 0 Å². The third kappa shape index (κ3) is 4.43. The Kier molecular flexibility index (Phi) is 5.74. The molecular formula is C25H27ClFN5. The van der Waals surface area contributed by atoms with Gasteiger partial charge in [-0.25, -0.2) is 9.37 Å². The number of nitrogens with one attached hydrogen (secondary N) is 2. The van der Waals surface area contributed by atoms with Gasteiger partial charge in [0.1, 0.15) is 11.6 Å². The second-order valence-corrected chi connectivity index (χ2v) is 9.27. The average molecular weight is 452 g/mol. The predicted molar refractivity (Wildman–Crippen MR) is 130 cm³/mol. The van der Waals surface area contributed by atoms with Crippen molar-refractivity contribution in [3.63, 3.8) is 0 Å². The molecule has 1 atom stereocenters. The van der Waals surface area contributed by atoms with E-state index >= 15 is 0 Å². The molecule has 32 heavy (non-hydrogen) atoms. The molecule has 0 bridgehead atoms. The minimum absolute atomic E-state index is 0.0636. The Bertz CT molecular complexity index is 1190. The number of hydrogen-bond acceptors (Lipinski definition) is 5. The number of aromatic nitrogens is 2. The average Bonchev–Trinajstić information content (AvgIpc) is 3.62. The molecule has 2 N–H and O–H groups in total. The fourth-order valence-electron chi connectivity index (χ4n) is 4.23. The Labute approximate surface area is 192 Å². The van der Waals surface area contributed by atoms with Gasteiger partial charge in [0, 0.05) is 35.8 Å². The van der Waals surface area contributed by atoms with Crippen LogP contribution in [0.2, 0.25) is 5.02 Å². The van der Waals surface area contributed by atoms with E-state index in [1.807, 2.05) is 0 Å². The Morgan fingerprint density at radius 2 is 2.03 bits per heavy atom. The molecule has 1 aliphatic heterocycles. The largest absolute Gasteiger partial charge is 0.367 e. The first-order valence-electron chi connectivity index (χ1n) is 11.2. The summed E-state index contributed by atoms with van der Waals surface area (Å²) < 4.78 is 13.6. The second kappa shape index (κ2) is 8.68. The molecule has 1 fully saturated rings. The van der Waals surface area contributed by atoms with E-state index < -0.39 is 5.82 Å². The highest BCUT2D eigenvalue weighted by Gasteiger charge is 2.28. The molecule has 0 saturated heterocycles. The van der Waals surface area contributed by atoms with Gasteiger partial charge in [-0.15, -0.1) is 0 Å². The van der Waals surface area contributed by atoms with Crippen LogP contribution in [0.15, 0.2) is 42.5 Å². The molecule has 1 saturated carbocycles. The lowest BCUT2D eigenvalue weighted by Gasteiger charge is -2.23. The van der Waals surface area contributed by atoms with Crippen molar-refractivity contribution in [2.45, 2.75) is 32.2 Å². The summed E-state index contributed by atoms with van der Waals surface area (Å²) in [6.45, 7) is 4.16. The molecule has 0 unspecified atom stereocenters. The van der Waals surface area contributed by atoms with E-state index in [1.165, 1.54) is 24.5 Å². The van der Waals surface area contributed by atoms with Crippen LogP contribution in [0.4, 0.5) is 21.8 Å². The van der Waals surface area contributed by atoms with Crippen LogP contribution in [0.1, 0.15) is 31.7 Å². The molecule has 166 valence electrons. The molecule has 1 aliphatic carbocycles. The van der Waals surface area contributed by atoms with Crippen molar-refractivity contribution in [3.05, 3.63) is 58.9 Å². The smallest absolute Gasteiger partial charge is 0.229 e. The highest BCUT2D eigenvalue weighted by Crippen LogP contribution is 2.36. The SMILES string of the molecule is C[C@@H](Nc1nc(Nc2ccc(F)c(Cl)c2)nc2c(C3=CCN(C)CC3)cccc12)C1CC1. The monoisotopic (exact) mass is 451 g/mol. The van der Waals surface area contributed by atoms with Gasteiger partial charge in [0.15, 0.2) is 0 Å². The zero-order valence-electron chi connectivity index (χ0n) is 18.3. The van der Waals surface area contributed by atoms with Crippen LogP contribution in [0.25, 0.3) is 16.5 Å². The van der Waals surface area contributed by atoms with E-state index in [0.717, 1.165) is 41.8 Å². The third-order valence-corrected chi connectivity index (χ3v) is 6.64. The lowest BCUT2D eigenvalue weighted by atomic mass is 9.97. The molecule has 5 rings (SSSR count). The van der Waals surface area contributed by atoms with E-state index in [1.54, 1.807) is 12.1 Å². The second-order valence-electron chi connectivity index (χ2n) is 8.86. The number of para-hydroxylation sites is 1. The number of halogens is 2. The summed E-state index contributed by atoms with van der Waals surface area (Å²) >= 11 is 5.98. The number of anilines is 3. The van der Waals surface area contributed by atoms with Crippen LogP contribution < -0.4 is 10.6 Å². The zero-order chi connectivity index (χ0) is 22.2. The van der Waals surface area contributed by atoms with Gasteiger partial charge in [-0.05, 0) is 69.0 Å². The van der Waals surface area contributed by atoms with Gasteiger partial charge >= 0.3 is 0 Å². The summed E-state index contributed by atoms with van der Waals surface area (Å²) in [6.07, 6.45) is 5.77. The predicted octanol–water partition coefficient (Wildman–Crippen LogP) is 6.10. The van der Waals surface area contributed by atoms with Gasteiger partial charge in [0.05, 0.1) is 10.5 Å². The Hall–Kier alpha value is -2.70. The maximum atomic E-state index is 13.6. The molecule has 2 aliphatic rings. The standard InChI is InChI=1S/C25H27ClFN5/c1-15(16-6-7-16)28-24-20-5-3-4-19(17-10-12-32(2)13-11-17)23(20)30-25(31-24)29-18-8-9-22(27)21(26)14-18/h3-5,8-10,14-16H,6-7,11-13H2,1-2H3,(H2,28,29,30,31)/t15-/m1/s1. The number of nitrogens with zero attached hydrogens (tertiary/aromatic N) is 3. The van der Waals surface area contributed by atoms with E-state index in [4.69, 9.17) is 21.6 Å². The van der Waals surface area contributed by atoms with Crippen molar-refractivity contribution in [3.8, 4) is 0 Å². The van der Waals surface area contributed by atoms with Crippen molar-refractivity contribution in [1.29, 1.82) is 0 Å². The first-order valence-corrected chi connectivity index (χ1v) is 11.5. The summed E-state index contributed by atoms with van der Waals surface area (Å²) in [5.41, 5.74) is 4.01. The molecule has 0 spiro atoms. The topological polar surface area (TPSA) is 53.1 Å². The molecule has 2 heterocycles. The maximum Gasteiger partial charge on any atom is 0.229 e. The van der Waals surface area contributed by atoms with Crippen LogP contribution in [0.5, 0.6) is 0 Å².